The van der Waals surface area contributed by atoms with Crippen LogP contribution in [0.3, 0.4) is 0 Å². The van der Waals surface area contributed by atoms with Crippen LogP contribution in [0.25, 0.3) is 0 Å². The lowest BCUT2D eigenvalue weighted by Crippen LogP contribution is -2.29. The lowest BCUT2D eigenvalue weighted by molar-refractivity contribution is 0.775. The van der Waals surface area contributed by atoms with Crippen LogP contribution in [0.15, 0.2) is 28.3 Å². The lowest BCUT2D eigenvalue weighted by atomic mass is 10.1. The van der Waals surface area contributed by atoms with Gasteiger partial charge >= 0.3 is 0 Å². The highest BCUT2D eigenvalue weighted by molar-refractivity contribution is 9.10. The minimum absolute atomic E-state index is 1.01. The third-order valence-electron chi connectivity index (χ3n) is 2.66. The highest BCUT2D eigenvalue weighted by Gasteiger charge is 2.12. The van der Waals surface area contributed by atoms with Gasteiger partial charge in [-0.1, -0.05) is 11.6 Å². The Bertz CT molecular complexity index is 399. The van der Waals surface area contributed by atoms with Crippen LogP contribution in [-0.4, -0.2) is 18.1 Å². The van der Waals surface area contributed by atoms with E-state index < -0.39 is 0 Å². The molecule has 2 rings (SSSR count). The summed E-state index contributed by atoms with van der Waals surface area (Å²) in [5.41, 5.74) is 2.49. The fourth-order valence-corrected chi connectivity index (χ4v) is 2.03. The number of aromatic nitrogens is 1. The first-order valence-electron chi connectivity index (χ1n) is 5.20. The van der Waals surface area contributed by atoms with Crippen molar-refractivity contribution >= 4 is 21.7 Å². The molecule has 0 amide bonds. The summed E-state index contributed by atoms with van der Waals surface area (Å²) in [5.74, 6) is 1.09. The maximum Gasteiger partial charge on any atom is 0.129 e. The molecule has 0 aromatic carbocycles. The maximum atomic E-state index is 4.58. The lowest BCUT2D eigenvalue weighted by Gasteiger charge is -2.27. The van der Waals surface area contributed by atoms with E-state index in [1.54, 1.807) is 0 Å². The molecule has 0 fully saturated rings. The Kier molecular flexibility index (Phi) is 3.10. The van der Waals surface area contributed by atoms with Crippen LogP contribution in [0.1, 0.15) is 19.0 Å². The summed E-state index contributed by atoms with van der Waals surface area (Å²) in [6.07, 6.45) is 3.44. The molecule has 0 saturated heterocycles. The number of hydrogen-bond acceptors (Lipinski definition) is 2. The average molecular weight is 267 g/mol. The number of anilines is 1. The van der Waals surface area contributed by atoms with Crippen molar-refractivity contribution in [1.29, 1.82) is 0 Å². The van der Waals surface area contributed by atoms with Gasteiger partial charge < -0.3 is 4.90 Å². The largest absolute Gasteiger partial charge is 0.352 e. The summed E-state index contributed by atoms with van der Waals surface area (Å²) in [5, 5.41) is 0. The smallest absolute Gasteiger partial charge is 0.129 e. The second-order valence-corrected chi connectivity index (χ2v) is 4.85. The number of rotatable bonds is 1. The van der Waals surface area contributed by atoms with E-state index in [0.717, 1.165) is 35.5 Å². The second kappa shape index (κ2) is 4.35. The molecule has 2 nitrogen and oxygen atoms in total. The number of nitrogens with zero attached hydrogens (tertiary/aromatic N) is 2. The Morgan fingerprint density at radius 1 is 1.33 bits per heavy atom. The van der Waals surface area contributed by atoms with Crippen molar-refractivity contribution in [3.63, 3.8) is 0 Å². The van der Waals surface area contributed by atoms with Crippen molar-refractivity contribution < 1.29 is 0 Å². The predicted molar refractivity (Wildman–Crippen MR) is 67.3 cm³/mol. The third kappa shape index (κ3) is 2.40. The normalized spacial score (nSPS) is 16.5. The van der Waals surface area contributed by atoms with Crippen LogP contribution < -0.4 is 4.90 Å². The monoisotopic (exact) mass is 266 g/mol. The highest BCUT2D eigenvalue weighted by Crippen LogP contribution is 2.21. The topological polar surface area (TPSA) is 16.1 Å². The summed E-state index contributed by atoms with van der Waals surface area (Å²) in [4.78, 5) is 6.91. The standard InChI is InChI=1S/C12H15BrN2/c1-9-4-3-7-15(8-9)12-6-5-11(13)10(2)14-12/h4-6H,3,7-8H2,1-2H3. The van der Waals surface area contributed by atoms with Crippen LogP contribution >= 0.6 is 15.9 Å². The quantitative estimate of drug-likeness (QED) is 0.726. The van der Waals surface area contributed by atoms with E-state index in [4.69, 9.17) is 0 Å². The zero-order chi connectivity index (χ0) is 10.8. The SMILES string of the molecule is CC1=CCCN(c2ccc(Br)c(C)n2)C1. The van der Waals surface area contributed by atoms with Crippen LogP contribution in [0, 0.1) is 6.92 Å². The van der Waals surface area contributed by atoms with Gasteiger partial charge in [0.2, 0.25) is 0 Å². The zero-order valence-corrected chi connectivity index (χ0v) is 10.7. The Labute approximate surface area is 99.1 Å². The number of hydrogen-bond donors (Lipinski definition) is 0. The number of pyridine rings is 1. The molecular formula is C12H15BrN2. The molecule has 0 saturated carbocycles. The molecule has 80 valence electrons. The van der Waals surface area contributed by atoms with Crippen molar-refractivity contribution in [2.24, 2.45) is 0 Å². The van der Waals surface area contributed by atoms with Crippen molar-refractivity contribution in [3.8, 4) is 0 Å². The predicted octanol–water partition coefficient (Wildman–Crippen LogP) is 3.31. The molecule has 2 heterocycles. The first-order chi connectivity index (χ1) is 7.16. The second-order valence-electron chi connectivity index (χ2n) is 4.00. The Hall–Kier alpha value is -0.830. The van der Waals surface area contributed by atoms with E-state index in [0.29, 0.717) is 0 Å². The van der Waals surface area contributed by atoms with Gasteiger partial charge in [-0.15, -0.1) is 0 Å². The van der Waals surface area contributed by atoms with Crippen molar-refractivity contribution in [3.05, 3.63) is 33.9 Å². The summed E-state index contributed by atoms with van der Waals surface area (Å²) >= 11 is 3.47. The van der Waals surface area contributed by atoms with E-state index in [2.05, 4.69) is 50.9 Å². The van der Waals surface area contributed by atoms with Gasteiger partial charge in [-0.3, -0.25) is 0 Å². The molecule has 0 bridgehead atoms. The zero-order valence-electron chi connectivity index (χ0n) is 9.13. The molecule has 1 aromatic heterocycles. The first kappa shape index (κ1) is 10.7. The Balaban J connectivity index is 2.23. The van der Waals surface area contributed by atoms with E-state index in [9.17, 15) is 0 Å². The minimum atomic E-state index is 1.01. The van der Waals surface area contributed by atoms with E-state index in [-0.39, 0.29) is 0 Å². The van der Waals surface area contributed by atoms with Crippen LogP contribution in [-0.2, 0) is 0 Å². The molecule has 0 N–H and O–H groups in total. The van der Waals surface area contributed by atoms with Crippen LogP contribution in [0.4, 0.5) is 5.82 Å². The summed E-state index contributed by atoms with van der Waals surface area (Å²) in [6.45, 7) is 6.29. The summed E-state index contributed by atoms with van der Waals surface area (Å²) < 4.78 is 1.08. The molecule has 0 atom stereocenters. The average Bonchev–Trinajstić information content (AvgIpc) is 2.22. The molecule has 1 aliphatic heterocycles. The molecule has 1 aliphatic rings. The Morgan fingerprint density at radius 2 is 2.13 bits per heavy atom. The molecule has 0 unspecified atom stereocenters. The fraction of sp³-hybridized carbons (Fsp3) is 0.417. The van der Waals surface area contributed by atoms with Gasteiger partial charge in [0.1, 0.15) is 5.82 Å². The van der Waals surface area contributed by atoms with Gasteiger partial charge in [0.25, 0.3) is 0 Å². The van der Waals surface area contributed by atoms with E-state index in [1.807, 2.05) is 6.92 Å². The third-order valence-corrected chi connectivity index (χ3v) is 3.50. The van der Waals surface area contributed by atoms with Gasteiger partial charge in [0.15, 0.2) is 0 Å². The molecular weight excluding hydrogens is 252 g/mol. The first-order valence-corrected chi connectivity index (χ1v) is 6.00. The molecule has 15 heavy (non-hydrogen) atoms. The Morgan fingerprint density at radius 3 is 2.80 bits per heavy atom. The molecule has 1 aromatic rings. The minimum Gasteiger partial charge on any atom is -0.352 e. The van der Waals surface area contributed by atoms with Gasteiger partial charge in [0.05, 0.1) is 5.69 Å². The van der Waals surface area contributed by atoms with Gasteiger partial charge in [0, 0.05) is 17.6 Å². The van der Waals surface area contributed by atoms with E-state index in [1.165, 1.54) is 5.57 Å². The van der Waals surface area contributed by atoms with Crippen LogP contribution in [0.2, 0.25) is 0 Å². The van der Waals surface area contributed by atoms with Gasteiger partial charge in [-0.25, -0.2) is 4.98 Å². The highest BCUT2D eigenvalue weighted by atomic mass is 79.9. The van der Waals surface area contributed by atoms with Crippen molar-refractivity contribution in [2.75, 3.05) is 18.0 Å². The summed E-state index contributed by atoms with van der Waals surface area (Å²) in [7, 11) is 0. The molecule has 0 spiro atoms. The van der Waals surface area contributed by atoms with Gasteiger partial charge in [-0.2, -0.15) is 0 Å². The number of aryl methyl sites for hydroxylation is 1. The molecule has 0 radical (unpaired) electrons. The van der Waals surface area contributed by atoms with Crippen LogP contribution in [0.5, 0.6) is 0 Å². The number of halogens is 1. The van der Waals surface area contributed by atoms with Crippen molar-refractivity contribution in [2.45, 2.75) is 20.3 Å². The van der Waals surface area contributed by atoms with Crippen molar-refractivity contribution in [1.82, 2.24) is 4.98 Å². The molecule has 0 aliphatic carbocycles. The summed E-state index contributed by atoms with van der Waals surface area (Å²) in [6, 6.07) is 4.15. The fourth-order valence-electron chi connectivity index (χ4n) is 1.81. The molecule has 3 heteroatoms. The van der Waals surface area contributed by atoms with Gasteiger partial charge in [-0.05, 0) is 48.3 Å². The maximum absolute atomic E-state index is 4.58. The van der Waals surface area contributed by atoms with E-state index >= 15 is 0 Å².